The maximum atomic E-state index is 6.29. The van der Waals surface area contributed by atoms with Gasteiger partial charge >= 0.3 is 0 Å². The Labute approximate surface area is 113 Å². The van der Waals surface area contributed by atoms with Crippen LogP contribution in [0.4, 0.5) is 5.69 Å². The van der Waals surface area contributed by atoms with Crippen LogP contribution in [0.3, 0.4) is 0 Å². The minimum Gasteiger partial charge on any atom is -0.371 e. The molecule has 1 unspecified atom stereocenters. The summed E-state index contributed by atoms with van der Waals surface area (Å²) < 4.78 is 0. The highest BCUT2D eigenvalue weighted by Crippen LogP contribution is 2.28. The monoisotopic (exact) mass is 270 g/mol. The first-order valence-corrected chi connectivity index (χ1v) is 7.49. The molecule has 1 aliphatic rings. The Morgan fingerprint density at radius 2 is 2.35 bits per heavy atom. The summed E-state index contributed by atoms with van der Waals surface area (Å²) in [6, 6.07) is 7.03. The van der Waals surface area contributed by atoms with Crippen molar-refractivity contribution in [3.05, 3.63) is 28.8 Å². The van der Waals surface area contributed by atoms with E-state index < -0.39 is 0 Å². The Kier molecular flexibility index (Phi) is 4.60. The van der Waals surface area contributed by atoms with E-state index in [0.717, 1.165) is 17.1 Å². The molecule has 1 heterocycles. The van der Waals surface area contributed by atoms with Gasteiger partial charge in [0.15, 0.2) is 0 Å². The van der Waals surface area contributed by atoms with Crippen molar-refractivity contribution >= 4 is 29.1 Å². The normalized spacial score (nSPS) is 19.6. The molecule has 1 N–H and O–H groups in total. The molecule has 0 spiro atoms. The smallest absolute Gasteiger partial charge is 0.0471 e. The van der Waals surface area contributed by atoms with Crippen LogP contribution in [0, 0.1) is 0 Å². The lowest BCUT2D eigenvalue weighted by molar-refractivity contribution is 0.700. The molecule has 1 aromatic rings. The zero-order chi connectivity index (χ0) is 12.3. The maximum Gasteiger partial charge on any atom is 0.0471 e. The maximum absolute atomic E-state index is 6.29. The number of thioether (sulfide) groups is 1. The fraction of sp³-hybridized carbons (Fsp3) is 0.538. The van der Waals surface area contributed by atoms with Crippen LogP contribution in [0.2, 0.25) is 5.02 Å². The number of hydrogen-bond acceptors (Lipinski definition) is 3. The van der Waals surface area contributed by atoms with Crippen molar-refractivity contribution in [3.8, 4) is 0 Å². The second kappa shape index (κ2) is 5.98. The van der Waals surface area contributed by atoms with E-state index in [1.165, 1.54) is 23.6 Å². The minimum atomic E-state index is 0.659. The van der Waals surface area contributed by atoms with Crippen molar-refractivity contribution in [2.75, 3.05) is 30.5 Å². The lowest BCUT2D eigenvalue weighted by atomic mass is 10.1. The second-order valence-corrected chi connectivity index (χ2v) is 5.99. The molecule has 1 aromatic carbocycles. The first kappa shape index (κ1) is 13.1. The minimum absolute atomic E-state index is 0.659. The van der Waals surface area contributed by atoms with E-state index in [4.69, 9.17) is 11.6 Å². The van der Waals surface area contributed by atoms with Gasteiger partial charge in [-0.3, -0.25) is 0 Å². The van der Waals surface area contributed by atoms with Crippen molar-refractivity contribution in [1.82, 2.24) is 5.32 Å². The van der Waals surface area contributed by atoms with Crippen molar-refractivity contribution in [2.45, 2.75) is 19.0 Å². The molecule has 0 aliphatic carbocycles. The fourth-order valence-corrected chi connectivity index (χ4v) is 3.64. The summed E-state index contributed by atoms with van der Waals surface area (Å²) in [6.45, 7) is 0.822. The summed E-state index contributed by atoms with van der Waals surface area (Å²) in [6.07, 6.45) is 1.27. The molecule has 0 saturated carbocycles. The standard InChI is InChI=1S/C13H19ClN2S/c1-15-8-10-3-4-11(7-13(10)14)16(2)12-5-6-17-9-12/h3-4,7,12,15H,5-6,8-9H2,1-2H3. The molecule has 0 amide bonds. The summed E-state index contributed by atoms with van der Waals surface area (Å²) in [5.41, 5.74) is 2.38. The van der Waals surface area contributed by atoms with Crippen LogP contribution in [-0.4, -0.2) is 31.6 Å². The lowest BCUT2D eigenvalue weighted by Crippen LogP contribution is -2.31. The van der Waals surface area contributed by atoms with Gasteiger partial charge in [0.05, 0.1) is 0 Å². The highest BCUT2D eigenvalue weighted by atomic mass is 35.5. The molecule has 0 aromatic heterocycles. The highest BCUT2D eigenvalue weighted by molar-refractivity contribution is 7.99. The third-order valence-electron chi connectivity index (χ3n) is 3.26. The lowest BCUT2D eigenvalue weighted by Gasteiger charge is -2.26. The van der Waals surface area contributed by atoms with Gasteiger partial charge in [0.1, 0.15) is 0 Å². The van der Waals surface area contributed by atoms with Gasteiger partial charge in [0, 0.05) is 36.1 Å². The molecule has 94 valence electrons. The Balaban J connectivity index is 2.12. The molecule has 2 rings (SSSR count). The Hall–Kier alpha value is -0.380. The van der Waals surface area contributed by atoms with Gasteiger partial charge < -0.3 is 10.2 Å². The number of halogens is 1. The van der Waals surface area contributed by atoms with Gasteiger partial charge in [0.2, 0.25) is 0 Å². The number of nitrogens with zero attached hydrogens (tertiary/aromatic N) is 1. The predicted octanol–water partition coefficient (Wildman–Crippen LogP) is 3.00. The number of nitrogens with one attached hydrogen (secondary N) is 1. The van der Waals surface area contributed by atoms with E-state index in [0.29, 0.717) is 6.04 Å². The van der Waals surface area contributed by atoms with E-state index in [2.05, 4.69) is 35.5 Å². The van der Waals surface area contributed by atoms with Crippen molar-refractivity contribution < 1.29 is 0 Å². The summed E-state index contributed by atoms with van der Waals surface area (Å²) in [4.78, 5) is 2.36. The van der Waals surface area contributed by atoms with Gasteiger partial charge in [-0.1, -0.05) is 17.7 Å². The third-order valence-corrected chi connectivity index (χ3v) is 4.76. The fourth-order valence-electron chi connectivity index (χ4n) is 2.13. The Morgan fingerprint density at radius 1 is 1.53 bits per heavy atom. The highest BCUT2D eigenvalue weighted by Gasteiger charge is 2.20. The van der Waals surface area contributed by atoms with Crippen LogP contribution in [0.25, 0.3) is 0 Å². The number of anilines is 1. The number of rotatable bonds is 4. The molecular formula is C13H19ClN2S. The molecule has 2 nitrogen and oxygen atoms in total. The largest absolute Gasteiger partial charge is 0.371 e. The van der Waals surface area contributed by atoms with Crippen LogP contribution in [0.5, 0.6) is 0 Å². The Bertz CT molecular complexity index is 378. The van der Waals surface area contributed by atoms with E-state index in [1.807, 2.05) is 18.8 Å². The second-order valence-electron chi connectivity index (χ2n) is 4.43. The van der Waals surface area contributed by atoms with Crippen molar-refractivity contribution in [3.63, 3.8) is 0 Å². The molecule has 4 heteroatoms. The van der Waals surface area contributed by atoms with Crippen LogP contribution in [0.15, 0.2) is 18.2 Å². The predicted molar refractivity (Wildman–Crippen MR) is 78.3 cm³/mol. The van der Waals surface area contributed by atoms with Crippen LogP contribution >= 0.6 is 23.4 Å². The van der Waals surface area contributed by atoms with E-state index in [-0.39, 0.29) is 0 Å². The van der Waals surface area contributed by atoms with E-state index >= 15 is 0 Å². The Morgan fingerprint density at radius 3 is 2.94 bits per heavy atom. The van der Waals surface area contributed by atoms with Gasteiger partial charge in [0.25, 0.3) is 0 Å². The SMILES string of the molecule is CNCc1ccc(N(C)C2CCSC2)cc1Cl. The molecule has 0 bridgehead atoms. The van der Waals surface area contributed by atoms with Crippen molar-refractivity contribution in [1.29, 1.82) is 0 Å². The summed E-state index contributed by atoms with van der Waals surface area (Å²) in [5.74, 6) is 2.51. The average Bonchev–Trinajstić information content (AvgIpc) is 2.84. The summed E-state index contributed by atoms with van der Waals surface area (Å²) in [5, 5.41) is 3.98. The van der Waals surface area contributed by atoms with Gasteiger partial charge in [-0.15, -0.1) is 0 Å². The first-order chi connectivity index (χ1) is 8.22. The van der Waals surface area contributed by atoms with Crippen LogP contribution < -0.4 is 10.2 Å². The zero-order valence-corrected chi connectivity index (χ0v) is 11.9. The topological polar surface area (TPSA) is 15.3 Å². The molecule has 1 atom stereocenters. The van der Waals surface area contributed by atoms with E-state index in [9.17, 15) is 0 Å². The van der Waals surface area contributed by atoms with Crippen LogP contribution in [0.1, 0.15) is 12.0 Å². The summed E-state index contributed by atoms with van der Waals surface area (Å²) >= 11 is 8.32. The molecule has 1 fully saturated rings. The summed E-state index contributed by atoms with van der Waals surface area (Å²) in [7, 11) is 4.10. The van der Waals surface area contributed by atoms with Crippen molar-refractivity contribution in [2.24, 2.45) is 0 Å². The first-order valence-electron chi connectivity index (χ1n) is 5.96. The van der Waals surface area contributed by atoms with Gasteiger partial charge in [-0.2, -0.15) is 11.8 Å². The van der Waals surface area contributed by atoms with E-state index in [1.54, 1.807) is 0 Å². The molecule has 1 saturated heterocycles. The quantitative estimate of drug-likeness (QED) is 0.906. The van der Waals surface area contributed by atoms with Gasteiger partial charge in [-0.25, -0.2) is 0 Å². The number of hydrogen-bond donors (Lipinski definition) is 1. The van der Waals surface area contributed by atoms with Gasteiger partial charge in [-0.05, 0) is 36.9 Å². The zero-order valence-electron chi connectivity index (χ0n) is 10.4. The van der Waals surface area contributed by atoms with Crippen LogP contribution in [-0.2, 0) is 6.54 Å². The molecule has 0 radical (unpaired) electrons. The molecule has 1 aliphatic heterocycles. The molecule has 17 heavy (non-hydrogen) atoms. The third kappa shape index (κ3) is 3.09. The number of benzene rings is 1. The average molecular weight is 271 g/mol. The molecular weight excluding hydrogens is 252 g/mol.